The summed E-state index contributed by atoms with van der Waals surface area (Å²) < 4.78 is 29.2. The molecule has 1 aliphatic carbocycles. The van der Waals surface area contributed by atoms with Gasteiger partial charge in [-0.25, -0.2) is 13.8 Å². The highest BCUT2D eigenvalue weighted by Gasteiger charge is 2.31. The molecule has 0 saturated heterocycles. The van der Waals surface area contributed by atoms with E-state index in [-0.39, 0.29) is 24.5 Å². The molecular formula is C30H37FN6O6S. The molecule has 1 aliphatic rings. The van der Waals surface area contributed by atoms with E-state index in [1.165, 1.54) is 58.4 Å². The van der Waals surface area contributed by atoms with Gasteiger partial charge in [0.1, 0.15) is 33.5 Å². The van der Waals surface area contributed by atoms with Crippen molar-refractivity contribution >= 4 is 27.5 Å². The first kappa shape index (κ1) is 31.5. The second-order valence-electron chi connectivity index (χ2n) is 10.9. The number of nitrogens with zero attached hydrogens (tertiary/aromatic N) is 5. The van der Waals surface area contributed by atoms with Crippen LogP contribution in [-0.4, -0.2) is 61.0 Å². The number of benzene rings is 1. The van der Waals surface area contributed by atoms with Crippen LogP contribution in [-0.2, 0) is 16.1 Å². The third-order valence-electron chi connectivity index (χ3n) is 8.06. The number of hydrogen-bond donors (Lipinski definition) is 2. The fourth-order valence-corrected chi connectivity index (χ4v) is 7.05. The number of carbonyl (C=O) groups is 1. The van der Waals surface area contributed by atoms with E-state index in [1.807, 2.05) is 0 Å². The summed E-state index contributed by atoms with van der Waals surface area (Å²) >= 11 is 1.17. The highest BCUT2D eigenvalue weighted by Crippen LogP contribution is 2.36. The third kappa shape index (κ3) is 6.06. The second-order valence-corrected chi connectivity index (χ2v) is 11.8. The smallest absolute Gasteiger partial charge is 0.332 e. The van der Waals surface area contributed by atoms with Gasteiger partial charge in [0.15, 0.2) is 0 Å². The minimum atomic E-state index is -1.06. The molecule has 44 heavy (non-hydrogen) atoms. The van der Waals surface area contributed by atoms with Crippen LogP contribution in [0.15, 0.2) is 40.2 Å². The Bertz CT molecular complexity index is 1740. The summed E-state index contributed by atoms with van der Waals surface area (Å²) in [7, 11) is 1.47. The molecule has 0 unspecified atom stereocenters. The molecule has 14 heteroatoms. The first-order chi connectivity index (χ1) is 21.2. The van der Waals surface area contributed by atoms with E-state index in [4.69, 9.17) is 9.47 Å². The zero-order valence-electron chi connectivity index (χ0n) is 25.2. The molecule has 1 amide bonds. The monoisotopic (exact) mass is 628 g/mol. The van der Waals surface area contributed by atoms with Gasteiger partial charge in [-0.1, -0.05) is 18.3 Å². The van der Waals surface area contributed by atoms with Gasteiger partial charge in [0.05, 0.1) is 43.6 Å². The molecule has 1 aromatic carbocycles. The molecule has 12 nitrogen and oxygen atoms in total. The summed E-state index contributed by atoms with van der Waals surface area (Å²) in [6, 6.07) is 3.05. The lowest BCUT2D eigenvalue weighted by atomic mass is 9.94. The highest BCUT2D eigenvalue weighted by molar-refractivity contribution is 7.21. The van der Waals surface area contributed by atoms with Gasteiger partial charge in [0.25, 0.3) is 5.56 Å². The first-order valence-electron chi connectivity index (χ1n) is 14.8. The summed E-state index contributed by atoms with van der Waals surface area (Å²) in [5, 5.41) is 22.1. The summed E-state index contributed by atoms with van der Waals surface area (Å²) in [6.07, 6.45) is 3.97. The number of methoxy groups -OCH3 is 1. The molecule has 4 aromatic rings. The maximum atomic E-state index is 14.7. The van der Waals surface area contributed by atoms with Crippen molar-refractivity contribution in [1.29, 1.82) is 0 Å². The Labute approximate surface area is 257 Å². The van der Waals surface area contributed by atoms with Crippen LogP contribution in [0.5, 0.6) is 5.75 Å². The SMILES string of the molecule is CCNC(=O)[C@@H](CC)n1c(=O)c2c(C)c(-n3nccn3)sc2n(C[C@H](O[C@H]2CC[C@@H](O)CC2)c2cc(F)ccc2OC)c1=O. The highest BCUT2D eigenvalue weighted by atomic mass is 32.1. The van der Waals surface area contributed by atoms with Crippen molar-refractivity contribution in [3.63, 3.8) is 0 Å². The molecule has 1 fully saturated rings. The molecule has 2 atom stereocenters. The molecule has 236 valence electrons. The Kier molecular flexibility index (Phi) is 9.61. The molecule has 5 rings (SSSR count). The van der Waals surface area contributed by atoms with Gasteiger partial charge >= 0.3 is 5.69 Å². The maximum Gasteiger partial charge on any atom is 0.332 e. The van der Waals surface area contributed by atoms with Crippen LogP contribution in [0.3, 0.4) is 0 Å². The predicted octanol–water partition coefficient (Wildman–Crippen LogP) is 3.41. The van der Waals surface area contributed by atoms with Crippen LogP contribution in [0.1, 0.15) is 69.2 Å². The van der Waals surface area contributed by atoms with E-state index < -0.39 is 41.2 Å². The van der Waals surface area contributed by atoms with Crippen LogP contribution in [0.25, 0.3) is 15.2 Å². The van der Waals surface area contributed by atoms with Crippen LogP contribution in [0.4, 0.5) is 4.39 Å². The van der Waals surface area contributed by atoms with Gasteiger partial charge in [-0.05, 0) is 64.2 Å². The second kappa shape index (κ2) is 13.4. The van der Waals surface area contributed by atoms with Gasteiger partial charge in [-0.3, -0.25) is 14.2 Å². The van der Waals surface area contributed by atoms with E-state index in [1.54, 1.807) is 20.8 Å². The van der Waals surface area contributed by atoms with Gasteiger partial charge < -0.3 is 19.9 Å². The van der Waals surface area contributed by atoms with Crippen molar-refractivity contribution in [2.45, 2.75) is 83.8 Å². The third-order valence-corrected chi connectivity index (χ3v) is 9.34. The molecule has 0 radical (unpaired) electrons. The quantitative estimate of drug-likeness (QED) is 0.257. The minimum Gasteiger partial charge on any atom is -0.496 e. The molecule has 0 aliphatic heterocycles. The van der Waals surface area contributed by atoms with Crippen molar-refractivity contribution in [2.24, 2.45) is 0 Å². The summed E-state index contributed by atoms with van der Waals surface area (Å²) in [5.41, 5.74) is -0.325. The topological polar surface area (TPSA) is 143 Å². The molecule has 0 bridgehead atoms. The van der Waals surface area contributed by atoms with Crippen molar-refractivity contribution in [2.75, 3.05) is 13.7 Å². The lowest BCUT2D eigenvalue weighted by molar-refractivity contribution is -0.124. The van der Waals surface area contributed by atoms with Gasteiger partial charge in [-0.2, -0.15) is 10.2 Å². The fourth-order valence-electron chi connectivity index (χ4n) is 5.83. The number of aliphatic hydroxyl groups excluding tert-OH is 1. The van der Waals surface area contributed by atoms with E-state index in [9.17, 15) is 23.9 Å². The number of halogens is 1. The average Bonchev–Trinajstić information content (AvgIpc) is 3.66. The summed E-state index contributed by atoms with van der Waals surface area (Å²) in [5.74, 6) is -0.568. The van der Waals surface area contributed by atoms with Crippen LogP contribution in [0, 0.1) is 12.7 Å². The van der Waals surface area contributed by atoms with Crippen LogP contribution >= 0.6 is 11.3 Å². The number of likely N-dealkylation sites (N-methyl/N-ethyl adjacent to an activating group) is 1. The van der Waals surface area contributed by atoms with Crippen LogP contribution < -0.4 is 21.3 Å². The Hall–Kier alpha value is -3.88. The van der Waals surface area contributed by atoms with Gasteiger partial charge in [-0.15, -0.1) is 4.80 Å². The predicted molar refractivity (Wildman–Crippen MR) is 163 cm³/mol. The number of amides is 1. The standard InChI is InChI=1S/C30H37FN6O6S/c1-5-22(26(39)32-6-2)36-27(40)25-17(3)28(37-33-13-14-34-37)44-29(25)35(30(36)41)16-24(43-20-10-8-19(38)9-11-20)21-15-18(31)7-12-23(21)42-4/h7,12-15,19-20,22,24,38H,5-6,8-11,16H2,1-4H3,(H,32,39)/t19-,20+,22-,24+/m1/s1. The van der Waals surface area contributed by atoms with Crippen molar-refractivity contribution in [1.82, 2.24) is 29.4 Å². The van der Waals surface area contributed by atoms with Gasteiger partial charge in [0, 0.05) is 17.7 Å². The number of carbonyl (C=O) groups excluding carboxylic acids is 1. The summed E-state index contributed by atoms with van der Waals surface area (Å²) in [4.78, 5) is 43.3. The number of aromatic nitrogens is 5. The minimum absolute atomic E-state index is 0.105. The average molecular weight is 629 g/mol. The maximum absolute atomic E-state index is 14.7. The van der Waals surface area contributed by atoms with Crippen molar-refractivity contribution < 1.29 is 23.8 Å². The number of fused-ring (bicyclic) bond motifs is 1. The number of aryl methyl sites for hydroxylation is 1. The van der Waals surface area contributed by atoms with Gasteiger partial charge in [0.2, 0.25) is 5.91 Å². The Morgan fingerprint density at radius 2 is 1.89 bits per heavy atom. The zero-order valence-corrected chi connectivity index (χ0v) is 26.0. The summed E-state index contributed by atoms with van der Waals surface area (Å²) in [6.45, 7) is 5.48. The lowest BCUT2D eigenvalue weighted by Crippen LogP contribution is -2.47. The van der Waals surface area contributed by atoms with E-state index >= 15 is 0 Å². The lowest BCUT2D eigenvalue weighted by Gasteiger charge is -2.31. The molecule has 3 aromatic heterocycles. The molecule has 0 spiro atoms. The first-order valence-corrected chi connectivity index (χ1v) is 15.6. The number of aliphatic hydroxyl groups is 1. The Morgan fingerprint density at radius 1 is 1.18 bits per heavy atom. The van der Waals surface area contributed by atoms with Crippen LogP contribution in [0.2, 0.25) is 0 Å². The van der Waals surface area contributed by atoms with E-state index in [2.05, 4.69) is 15.5 Å². The largest absolute Gasteiger partial charge is 0.496 e. The molecular weight excluding hydrogens is 591 g/mol. The van der Waals surface area contributed by atoms with E-state index in [0.29, 0.717) is 58.9 Å². The van der Waals surface area contributed by atoms with Crippen molar-refractivity contribution in [3.05, 3.63) is 68.4 Å². The zero-order chi connectivity index (χ0) is 31.5. The molecule has 1 saturated carbocycles. The normalized spacial score (nSPS) is 18.3. The van der Waals surface area contributed by atoms with E-state index in [0.717, 1.165) is 4.57 Å². The number of rotatable bonds is 11. The Balaban J connectivity index is 1.74. The number of nitrogens with one attached hydrogen (secondary N) is 1. The number of hydrogen-bond acceptors (Lipinski definition) is 9. The molecule has 3 heterocycles. The van der Waals surface area contributed by atoms with Crippen molar-refractivity contribution in [3.8, 4) is 10.8 Å². The Morgan fingerprint density at radius 3 is 2.52 bits per heavy atom. The number of thiophene rings is 1. The fraction of sp³-hybridized carbons (Fsp3) is 0.500. The number of ether oxygens (including phenoxy) is 2. The molecule has 2 N–H and O–H groups in total.